The van der Waals surface area contributed by atoms with Gasteiger partial charge in [0, 0.05) is 30.8 Å². The molecule has 0 aromatic heterocycles. The van der Waals surface area contributed by atoms with E-state index in [4.69, 9.17) is 4.74 Å². The largest absolute Gasteiger partial charge is 0.494 e. The van der Waals surface area contributed by atoms with Crippen LogP contribution in [-0.2, 0) is 9.59 Å². The zero-order chi connectivity index (χ0) is 23.0. The molecule has 1 saturated heterocycles. The monoisotopic (exact) mass is 453 g/mol. The third-order valence-corrected chi connectivity index (χ3v) is 6.99. The van der Waals surface area contributed by atoms with Crippen LogP contribution in [0.1, 0.15) is 45.4 Å². The average Bonchev–Trinajstić information content (AvgIpc) is 3.48. The van der Waals surface area contributed by atoms with Crippen molar-refractivity contribution in [1.82, 2.24) is 10.2 Å². The van der Waals surface area contributed by atoms with E-state index in [9.17, 15) is 22.8 Å². The van der Waals surface area contributed by atoms with E-state index in [1.54, 1.807) is 0 Å². The normalized spacial score (nSPS) is 22.1. The number of alkyl halides is 3. The van der Waals surface area contributed by atoms with E-state index in [2.05, 4.69) is 10.6 Å². The van der Waals surface area contributed by atoms with Crippen LogP contribution < -0.4 is 15.4 Å². The summed E-state index contributed by atoms with van der Waals surface area (Å²) in [5.74, 6) is 0.104. The molecule has 2 saturated carbocycles. The van der Waals surface area contributed by atoms with Crippen molar-refractivity contribution in [2.75, 3.05) is 31.6 Å². The van der Waals surface area contributed by atoms with Gasteiger partial charge in [0.1, 0.15) is 11.3 Å². The third-order valence-electron chi connectivity index (χ3n) is 6.99. The van der Waals surface area contributed by atoms with Gasteiger partial charge in [0.05, 0.1) is 13.2 Å². The Morgan fingerprint density at radius 3 is 2.44 bits per heavy atom. The first kappa shape index (κ1) is 22.9. The minimum absolute atomic E-state index is 0.000331. The fraction of sp³-hybridized carbons (Fsp3) is 0.652. The van der Waals surface area contributed by atoms with Crippen molar-refractivity contribution in [3.8, 4) is 5.75 Å². The van der Waals surface area contributed by atoms with Crippen molar-refractivity contribution in [2.45, 2.75) is 57.2 Å². The molecule has 3 fully saturated rings. The molecular formula is C23H30F3N3O3. The first-order chi connectivity index (χ1) is 15.1. The Morgan fingerprint density at radius 1 is 1.16 bits per heavy atom. The molecule has 6 nitrogen and oxygen atoms in total. The number of hydrogen-bond donors (Lipinski definition) is 2. The van der Waals surface area contributed by atoms with E-state index in [1.165, 1.54) is 0 Å². The van der Waals surface area contributed by atoms with E-state index in [0.29, 0.717) is 31.1 Å². The number of hydrogen-bond acceptors (Lipinski definition) is 4. The number of ether oxygens (including phenoxy) is 1. The molecule has 0 atom stereocenters. The van der Waals surface area contributed by atoms with Gasteiger partial charge in [-0.1, -0.05) is 6.07 Å². The zero-order valence-electron chi connectivity index (χ0n) is 18.3. The zero-order valence-corrected chi connectivity index (χ0v) is 18.3. The van der Waals surface area contributed by atoms with Crippen LogP contribution in [0.5, 0.6) is 5.75 Å². The van der Waals surface area contributed by atoms with Crippen LogP contribution in [0, 0.1) is 11.3 Å². The molecule has 0 unspecified atom stereocenters. The number of amides is 2. The number of carbonyl (C=O) groups is 2. The Hall–Kier alpha value is -2.29. The predicted octanol–water partition coefficient (Wildman–Crippen LogP) is 3.73. The first-order valence-electron chi connectivity index (χ1n) is 11.3. The maximum absolute atomic E-state index is 13.0. The van der Waals surface area contributed by atoms with Crippen LogP contribution in [0.3, 0.4) is 0 Å². The summed E-state index contributed by atoms with van der Waals surface area (Å²) < 4.78 is 44.5. The van der Waals surface area contributed by atoms with Crippen LogP contribution in [0.2, 0.25) is 0 Å². The Kier molecular flexibility index (Phi) is 6.13. The standard InChI is InChI=1S/C23H30F3N3O3/c1-2-32-18-5-3-4-17(12-18)27-20(31)16-6-8-21(9-7-16)14-29(15-21)13-19(30)28-22(10-11-22)23(24,25)26/h3-5,12,16H,2,6-11,13-15H2,1H3,(H,27,31)(H,28,30). The summed E-state index contributed by atoms with van der Waals surface area (Å²) in [6.45, 7) is 3.86. The highest BCUT2D eigenvalue weighted by Crippen LogP contribution is 2.49. The van der Waals surface area contributed by atoms with Crippen LogP contribution in [0.25, 0.3) is 0 Å². The summed E-state index contributed by atoms with van der Waals surface area (Å²) in [6, 6.07) is 7.34. The second-order valence-corrected chi connectivity index (χ2v) is 9.50. The molecule has 1 aromatic rings. The molecule has 2 amide bonds. The summed E-state index contributed by atoms with van der Waals surface area (Å²) in [7, 11) is 0. The van der Waals surface area contributed by atoms with E-state index < -0.39 is 17.6 Å². The molecule has 2 aliphatic carbocycles. The number of nitrogens with zero attached hydrogens (tertiary/aromatic N) is 1. The first-order valence-corrected chi connectivity index (χ1v) is 11.3. The van der Waals surface area contributed by atoms with Gasteiger partial charge in [-0.2, -0.15) is 13.2 Å². The number of carbonyl (C=O) groups excluding carboxylic acids is 2. The number of anilines is 1. The Balaban J connectivity index is 1.20. The van der Waals surface area contributed by atoms with Gasteiger partial charge in [-0.25, -0.2) is 0 Å². The smallest absolute Gasteiger partial charge is 0.411 e. The van der Waals surface area contributed by atoms with Gasteiger partial charge in [0.25, 0.3) is 0 Å². The Labute approximate surface area is 185 Å². The molecule has 9 heteroatoms. The molecule has 3 aliphatic rings. The maximum atomic E-state index is 13.0. The number of benzene rings is 1. The lowest BCUT2D eigenvalue weighted by atomic mass is 9.65. The summed E-state index contributed by atoms with van der Waals surface area (Å²) >= 11 is 0. The van der Waals surface area contributed by atoms with E-state index in [0.717, 1.165) is 25.7 Å². The predicted molar refractivity (Wildman–Crippen MR) is 113 cm³/mol. The lowest BCUT2D eigenvalue weighted by Gasteiger charge is -2.53. The van der Waals surface area contributed by atoms with E-state index >= 15 is 0 Å². The second-order valence-electron chi connectivity index (χ2n) is 9.50. The molecule has 0 radical (unpaired) electrons. The molecule has 0 bridgehead atoms. The fourth-order valence-electron chi connectivity index (χ4n) is 5.01. The molecule has 4 rings (SSSR count). The molecule has 1 aromatic carbocycles. The van der Waals surface area contributed by atoms with Crippen LogP contribution >= 0.6 is 0 Å². The number of halogens is 3. The van der Waals surface area contributed by atoms with Gasteiger partial charge in [-0.05, 0) is 63.0 Å². The lowest BCUT2D eigenvalue weighted by Crippen LogP contribution is -2.61. The topological polar surface area (TPSA) is 70.7 Å². The summed E-state index contributed by atoms with van der Waals surface area (Å²) in [5, 5.41) is 5.16. The molecule has 32 heavy (non-hydrogen) atoms. The van der Waals surface area contributed by atoms with Gasteiger partial charge in [-0.15, -0.1) is 0 Å². The van der Waals surface area contributed by atoms with Gasteiger partial charge < -0.3 is 15.4 Å². The highest BCUT2D eigenvalue weighted by Gasteiger charge is 2.64. The highest BCUT2D eigenvalue weighted by molar-refractivity contribution is 5.92. The minimum atomic E-state index is -4.39. The van der Waals surface area contributed by atoms with Gasteiger partial charge in [0.2, 0.25) is 11.8 Å². The molecule has 2 N–H and O–H groups in total. The van der Waals surface area contributed by atoms with E-state index in [1.807, 2.05) is 36.1 Å². The second kappa shape index (κ2) is 8.57. The van der Waals surface area contributed by atoms with Gasteiger partial charge in [-0.3, -0.25) is 14.5 Å². The van der Waals surface area contributed by atoms with Crippen molar-refractivity contribution >= 4 is 17.5 Å². The van der Waals surface area contributed by atoms with Crippen molar-refractivity contribution in [2.24, 2.45) is 11.3 Å². The summed E-state index contributed by atoms with van der Waals surface area (Å²) in [6.07, 6.45) is -1.15. The van der Waals surface area contributed by atoms with Crippen molar-refractivity contribution in [1.29, 1.82) is 0 Å². The fourth-order valence-corrected chi connectivity index (χ4v) is 5.01. The van der Waals surface area contributed by atoms with Gasteiger partial charge in [0.15, 0.2) is 0 Å². The lowest BCUT2D eigenvalue weighted by molar-refractivity contribution is -0.171. The van der Waals surface area contributed by atoms with Crippen LogP contribution in [0.4, 0.5) is 18.9 Å². The molecular weight excluding hydrogens is 423 g/mol. The van der Waals surface area contributed by atoms with Crippen LogP contribution in [0.15, 0.2) is 24.3 Å². The molecule has 1 spiro atoms. The number of nitrogens with one attached hydrogen (secondary N) is 2. The summed E-state index contributed by atoms with van der Waals surface area (Å²) in [4.78, 5) is 26.7. The SMILES string of the molecule is CCOc1cccc(NC(=O)C2CCC3(CC2)CN(CC(=O)NC2(C(F)(F)F)CC2)C3)c1. The van der Waals surface area contributed by atoms with Crippen LogP contribution in [-0.4, -0.2) is 54.7 Å². The van der Waals surface area contributed by atoms with E-state index in [-0.39, 0.29) is 36.6 Å². The van der Waals surface area contributed by atoms with Crippen molar-refractivity contribution in [3.05, 3.63) is 24.3 Å². The average molecular weight is 454 g/mol. The molecule has 1 aliphatic heterocycles. The minimum Gasteiger partial charge on any atom is -0.494 e. The number of likely N-dealkylation sites (tertiary alicyclic amines) is 1. The van der Waals surface area contributed by atoms with Crippen molar-refractivity contribution in [3.63, 3.8) is 0 Å². The Bertz CT molecular complexity index is 854. The molecule has 1 heterocycles. The Morgan fingerprint density at radius 2 is 1.84 bits per heavy atom. The molecule has 176 valence electrons. The van der Waals surface area contributed by atoms with Gasteiger partial charge >= 0.3 is 6.18 Å². The quantitative estimate of drug-likeness (QED) is 0.660. The van der Waals surface area contributed by atoms with Crippen molar-refractivity contribution < 1.29 is 27.5 Å². The summed E-state index contributed by atoms with van der Waals surface area (Å²) in [5.41, 5.74) is -1.21. The third kappa shape index (κ3) is 4.87. The number of rotatable bonds is 7. The highest BCUT2D eigenvalue weighted by atomic mass is 19.4. The maximum Gasteiger partial charge on any atom is 0.411 e.